The number of aromatic nitrogens is 2. The van der Waals surface area contributed by atoms with Gasteiger partial charge in [0.1, 0.15) is 0 Å². The summed E-state index contributed by atoms with van der Waals surface area (Å²) in [6.45, 7) is 1.82. The molecule has 0 aliphatic carbocycles. The Labute approximate surface area is 143 Å². The van der Waals surface area contributed by atoms with Crippen LogP contribution < -0.4 is 9.47 Å². The summed E-state index contributed by atoms with van der Waals surface area (Å²) in [7, 11) is 0. The van der Waals surface area contributed by atoms with E-state index in [1.165, 1.54) is 0 Å². The molecule has 0 fully saturated rings. The maximum absolute atomic E-state index is 12.3. The SMILES string of the molecule is CC(OC(=O)c1ccc2c(c1)OCO2)c1nnc(-c2ccccc2)o1. The molecule has 0 spiro atoms. The van der Waals surface area contributed by atoms with E-state index in [4.69, 9.17) is 18.6 Å². The number of ether oxygens (including phenoxy) is 3. The highest BCUT2D eigenvalue weighted by atomic mass is 16.7. The average molecular weight is 338 g/mol. The van der Waals surface area contributed by atoms with Gasteiger partial charge >= 0.3 is 5.97 Å². The van der Waals surface area contributed by atoms with Crippen molar-refractivity contribution in [1.82, 2.24) is 10.2 Å². The summed E-state index contributed by atoms with van der Waals surface area (Å²) in [4.78, 5) is 12.3. The predicted octanol–water partition coefficient (Wildman–Crippen LogP) is 3.38. The van der Waals surface area contributed by atoms with Gasteiger partial charge in [0.05, 0.1) is 5.56 Å². The van der Waals surface area contributed by atoms with Gasteiger partial charge in [-0.05, 0) is 37.3 Å². The molecule has 2 heterocycles. The zero-order valence-electron chi connectivity index (χ0n) is 13.3. The van der Waals surface area contributed by atoms with E-state index >= 15 is 0 Å². The van der Waals surface area contributed by atoms with Crippen LogP contribution in [0.3, 0.4) is 0 Å². The van der Waals surface area contributed by atoms with Gasteiger partial charge in [-0.1, -0.05) is 18.2 Å². The molecule has 25 heavy (non-hydrogen) atoms. The van der Waals surface area contributed by atoms with E-state index < -0.39 is 12.1 Å². The number of hydrogen-bond acceptors (Lipinski definition) is 7. The summed E-state index contributed by atoms with van der Waals surface area (Å²) < 4.78 is 21.5. The van der Waals surface area contributed by atoms with Crippen LogP contribution in [0.5, 0.6) is 11.5 Å². The minimum atomic E-state index is -0.678. The lowest BCUT2D eigenvalue weighted by atomic mass is 10.2. The third-order valence-electron chi connectivity index (χ3n) is 3.70. The van der Waals surface area contributed by atoms with Crippen molar-refractivity contribution in [3.63, 3.8) is 0 Å². The van der Waals surface area contributed by atoms with E-state index in [1.807, 2.05) is 30.3 Å². The fraction of sp³-hybridized carbons (Fsp3) is 0.167. The van der Waals surface area contributed by atoms with Gasteiger partial charge in [0.25, 0.3) is 5.89 Å². The molecule has 4 rings (SSSR count). The van der Waals surface area contributed by atoms with Gasteiger partial charge in [0, 0.05) is 5.56 Å². The first kappa shape index (κ1) is 15.2. The largest absolute Gasteiger partial charge is 0.454 e. The second-order valence-corrected chi connectivity index (χ2v) is 5.43. The second-order valence-electron chi connectivity index (χ2n) is 5.43. The fourth-order valence-electron chi connectivity index (χ4n) is 2.40. The maximum atomic E-state index is 12.3. The normalized spacial score (nSPS) is 13.5. The average Bonchev–Trinajstić information content (AvgIpc) is 3.31. The third kappa shape index (κ3) is 3.03. The standard InChI is InChI=1S/C18H14N2O5/c1-11(16-19-20-17(25-16)12-5-3-2-4-6-12)24-18(21)13-7-8-14-15(9-13)23-10-22-14/h2-9,11H,10H2,1H3. The van der Waals surface area contributed by atoms with E-state index in [-0.39, 0.29) is 12.7 Å². The molecule has 0 N–H and O–H groups in total. The number of nitrogens with zero attached hydrogens (tertiary/aromatic N) is 2. The summed E-state index contributed by atoms with van der Waals surface area (Å²) in [5, 5.41) is 7.95. The summed E-state index contributed by atoms with van der Waals surface area (Å²) in [5.41, 5.74) is 1.16. The Morgan fingerprint density at radius 1 is 1.08 bits per heavy atom. The van der Waals surface area contributed by atoms with Crippen LogP contribution in [0.25, 0.3) is 11.5 Å². The molecule has 0 radical (unpaired) electrons. The molecule has 126 valence electrons. The predicted molar refractivity (Wildman–Crippen MR) is 86.1 cm³/mol. The minimum Gasteiger partial charge on any atom is -0.454 e. The number of carbonyl (C=O) groups excluding carboxylic acids is 1. The molecule has 1 aliphatic heterocycles. The lowest BCUT2D eigenvalue weighted by Gasteiger charge is -2.09. The van der Waals surface area contributed by atoms with Gasteiger partial charge in [-0.2, -0.15) is 0 Å². The van der Waals surface area contributed by atoms with Crippen LogP contribution in [0.1, 0.15) is 29.3 Å². The van der Waals surface area contributed by atoms with Crippen molar-refractivity contribution in [2.45, 2.75) is 13.0 Å². The topological polar surface area (TPSA) is 83.7 Å². The summed E-state index contributed by atoms with van der Waals surface area (Å²) in [6.07, 6.45) is -0.678. The fourth-order valence-corrected chi connectivity index (χ4v) is 2.40. The highest BCUT2D eigenvalue weighted by Gasteiger charge is 2.22. The number of esters is 1. The molecule has 1 atom stereocenters. The van der Waals surface area contributed by atoms with Gasteiger partial charge < -0.3 is 18.6 Å². The molecule has 1 aliphatic rings. The van der Waals surface area contributed by atoms with Crippen LogP contribution in [-0.4, -0.2) is 23.0 Å². The minimum absolute atomic E-state index is 0.147. The Morgan fingerprint density at radius 2 is 1.88 bits per heavy atom. The van der Waals surface area contributed by atoms with Crippen LogP contribution >= 0.6 is 0 Å². The van der Waals surface area contributed by atoms with Crippen LogP contribution in [0.2, 0.25) is 0 Å². The third-order valence-corrected chi connectivity index (χ3v) is 3.70. The monoisotopic (exact) mass is 338 g/mol. The summed E-state index contributed by atoms with van der Waals surface area (Å²) in [5.74, 6) is 1.22. The molecule has 0 saturated heterocycles. The van der Waals surface area contributed by atoms with E-state index in [2.05, 4.69) is 10.2 Å². The number of carbonyl (C=O) groups is 1. The second kappa shape index (κ2) is 6.27. The number of benzene rings is 2. The highest BCUT2D eigenvalue weighted by Crippen LogP contribution is 2.33. The van der Waals surface area contributed by atoms with Crippen molar-refractivity contribution >= 4 is 5.97 Å². The molecule has 3 aromatic rings. The zero-order chi connectivity index (χ0) is 17.2. The Morgan fingerprint density at radius 3 is 2.72 bits per heavy atom. The molecular weight excluding hydrogens is 324 g/mol. The van der Waals surface area contributed by atoms with Gasteiger partial charge in [-0.3, -0.25) is 0 Å². The molecular formula is C18H14N2O5. The Kier molecular flexibility index (Phi) is 3.81. The van der Waals surface area contributed by atoms with Crippen molar-refractivity contribution in [2.24, 2.45) is 0 Å². The van der Waals surface area contributed by atoms with Crippen molar-refractivity contribution in [3.05, 3.63) is 60.0 Å². The van der Waals surface area contributed by atoms with Crippen molar-refractivity contribution in [2.75, 3.05) is 6.79 Å². The molecule has 1 unspecified atom stereocenters. The van der Waals surface area contributed by atoms with Crippen molar-refractivity contribution < 1.29 is 23.4 Å². The number of hydrogen-bond donors (Lipinski definition) is 0. The maximum Gasteiger partial charge on any atom is 0.339 e. The van der Waals surface area contributed by atoms with E-state index in [0.717, 1.165) is 5.56 Å². The van der Waals surface area contributed by atoms with Crippen molar-refractivity contribution in [1.29, 1.82) is 0 Å². The van der Waals surface area contributed by atoms with Crippen LogP contribution in [0.4, 0.5) is 0 Å². The first-order valence-electron chi connectivity index (χ1n) is 7.70. The van der Waals surface area contributed by atoms with E-state index in [9.17, 15) is 4.79 Å². The Balaban J connectivity index is 1.47. The van der Waals surface area contributed by atoms with Gasteiger partial charge in [-0.25, -0.2) is 4.79 Å². The van der Waals surface area contributed by atoms with Crippen LogP contribution in [0, 0.1) is 0 Å². The molecule has 1 aromatic heterocycles. The highest BCUT2D eigenvalue weighted by molar-refractivity contribution is 5.90. The van der Waals surface area contributed by atoms with Crippen LogP contribution in [-0.2, 0) is 4.74 Å². The smallest absolute Gasteiger partial charge is 0.339 e. The number of rotatable bonds is 4. The first-order chi connectivity index (χ1) is 12.2. The summed E-state index contributed by atoms with van der Waals surface area (Å²) >= 11 is 0. The Hall–Kier alpha value is -3.35. The molecule has 2 aromatic carbocycles. The quantitative estimate of drug-likeness (QED) is 0.674. The first-order valence-corrected chi connectivity index (χ1v) is 7.70. The van der Waals surface area contributed by atoms with Gasteiger partial charge in [0.2, 0.25) is 12.7 Å². The molecule has 0 saturated carbocycles. The lowest BCUT2D eigenvalue weighted by molar-refractivity contribution is 0.0279. The Bertz CT molecular complexity index is 907. The van der Waals surface area contributed by atoms with E-state index in [1.54, 1.807) is 25.1 Å². The molecule has 7 nitrogen and oxygen atoms in total. The summed E-state index contributed by atoms with van der Waals surface area (Å²) in [6, 6.07) is 14.2. The molecule has 0 amide bonds. The molecule has 0 bridgehead atoms. The van der Waals surface area contributed by atoms with Crippen LogP contribution in [0.15, 0.2) is 52.9 Å². The number of fused-ring (bicyclic) bond motifs is 1. The molecule has 7 heteroatoms. The zero-order valence-corrected chi connectivity index (χ0v) is 13.3. The van der Waals surface area contributed by atoms with E-state index in [0.29, 0.717) is 23.0 Å². The lowest BCUT2D eigenvalue weighted by Crippen LogP contribution is -2.09. The van der Waals surface area contributed by atoms with Gasteiger partial charge in [-0.15, -0.1) is 10.2 Å². The van der Waals surface area contributed by atoms with Gasteiger partial charge in [0.15, 0.2) is 17.6 Å². The van der Waals surface area contributed by atoms with Crippen molar-refractivity contribution in [3.8, 4) is 23.0 Å².